The van der Waals surface area contributed by atoms with Crippen molar-refractivity contribution in [3.63, 3.8) is 0 Å². The molecular formula is C9H15NO4S. The molecule has 6 heteroatoms. The van der Waals surface area contributed by atoms with Crippen molar-refractivity contribution >= 4 is 10.4 Å². The zero-order valence-corrected chi connectivity index (χ0v) is 9.11. The van der Waals surface area contributed by atoms with Crippen LogP contribution < -0.4 is 6.15 Å². The Morgan fingerprint density at radius 1 is 1.20 bits per heavy atom. The van der Waals surface area contributed by atoms with Crippen LogP contribution in [-0.4, -0.2) is 19.6 Å². The van der Waals surface area contributed by atoms with E-state index in [2.05, 4.69) is 4.18 Å². The van der Waals surface area contributed by atoms with Gasteiger partial charge in [-0.1, -0.05) is 30.3 Å². The first-order chi connectivity index (χ1) is 6.58. The highest BCUT2D eigenvalue weighted by molar-refractivity contribution is 7.80. The van der Waals surface area contributed by atoms with Crippen LogP contribution in [0.4, 0.5) is 0 Å². The van der Waals surface area contributed by atoms with Gasteiger partial charge in [-0.3, -0.25) is 4.55 Å². The van der Waals surface area contributed by atoms with Crippen molar-refractivity contribution in [3.8, 4) is 0 Å². The summed E-state index contributed by atoms with van der Waals surface area (Å²) in [6.07, 6.45) is 1.29. The fourth-order valence-electron chi connectivity index (χ4n) is 1.09. The van der Waals surface area contributed by atoms with E-state index in [1.807, 2.05) is 30.3 Å². The van der Waals surface area contributed by atoms with Crippen molar-refractivity contribution < 1.29 is 17.2 Å². The van der Waals surface area contributed by atoms with Gasteiger partial charge in [0.2, 0.25) is 0 Å². The van der Waals surface area contributed by atoms with Gasteiger partial charge in [0.15, 0.2) is 0 Å². The Hall–Kier alpha value is -0.950. The van der Waals surface area contributed by atoms with E-state index in [1.54, 1.807) is 0 Å². The minimum Gasteiger partial charge on any atom is -0.344 e. The molecule has 0 amide bonds. The van der Waals surface area contributed by atoms with Crippen LogP contribution in [0.2, 0.25) is 0 Å². The number of benzene rings is 1. The van der Waals surface area contributed by atoms with E-state index in [9.17, 15) is 8.42 Å². The predicted molar refractivity (Wildman–Crippen MR) is 57.3 cm³/mol. The van der Waals surface area contributed by atoms with Gasteiger partial charge in [-0.25, -0.2) is 4.18 Å². The van der Waals surface area contributed by atoms with Crippen LogP contribution in [0.15, 0.2) is 30.3 Å². The Morgan fingerprint density at radius 2 is 1.80 bits per heavy atom. The maximum atomic E-state index is 10.2. The van der Waals surface area contributed by atoms with E-state index in [1.165, 1.54) is 0 Å². The maximum absolute atomic E-state index is 10.2. The Balaban J connectivity index is 0.00000196. The number of hydrogen-bond acceptors (Lipinski definition) is 4. The highest BCUT2D eigenvalue weighted by Crippen LogP contribution is 2.02. The van der Waals surface area contributed by atoms with Crippen LogP contribution in [0.5, 0.6) is 0 Å². The summed E-state index contributed by atoms with van der Waals surface area (Å²) >= 11 is 0. The molecule has 0 aliphatic heterocycles. The summed E-state index contributed by atoms with van der Waals surface area (Å²) in [5.74, 6) is 0. The van der Waals surface area contributed by atoms with E-state index in [0.29, 0.717) is 6.42 Å². The van der Waals surface area contributed by atoms with Gasteiger partial charge in [0, 0.05) is 0 Å². The largest absolute Gasteiger partial charge is 0.397 e. The second-order valence-corrected chi connectivity index (χ2v) is 3.93. The Bertz CT molecular complexity index is 363. The smallest absolute Gasteiger partial charge is 0.344 e. The Morgan fingerprint density at radius 3 is 2.33 bits per heavy atom. The summed E-state index contributed by atoms with van der Waals surface area (Å²) in [5, 5.41) is 0. The van der Waals surface area contributed by atoms with E-state index in [0.717, 1.165) is 12.0 Å². The van der Waals surface area contributed by atoms with Gasteiger partial charge in [-0.2, -0.15) is 8.42 Å². The van der Waals surface area contributed by atoms with Gasteiger partial charge in [0.1, 0.15) is 0 Å². The molecule has 0 saturated heterocycles. The van der Waals surface area contributed by atoms with Crippen LogP contribution in [0.25, 0.3) is 0 Å². The molecule has 0 atom stereocenters. The molecule has 1 aromatic carbocycles. The van der Waals surface area contributed by atoms with Gasteiger partial charge in [-0.15, -0.1) is 0 Å². The monoisotopic (exact) mass is 233 g/mol. The van der Waals surface area contributed by atoms with Crippen molar-refractivity contribution in [3.05, 3.63) is 35.9 Å². The number of aryl methyl sites for hydroxylation is 1. The Labute approximate surface area is 89.6 Å². The lowest BCUT2D eigenvalue weighted by Crippen LogP contribution is -2.05. The standard InChI is InChI=1S/C9H12O4S.H3N/c10-14(11,12)13-8-4-7-9-5-2-1-3-6-9;/h1-3,5-6H,4,7-8H2,(H,10,11,12);1H3. The fourth-order valence-corrected chi connectivity index (χ4v) is 1.41. The first kappa shape index (κ1) is 14.1. The van der Waals surface area contributed by atoms with Crippen LogP contribution in [-0.2, 0) is 21.0 Å². The summed E-state index contributed by atoms with van der Waals surface area (Å²) in [7, 11) is -4.28. The Kier molecular flexibility index (Phi) is 6.11. The predicted octanol–water partition coefficient (Wildman–Crippen LogP) is 1.60. The number of hydrogen-bond donors (Lipinski definition) is 2. The molecule has 86 valence electrons. The maximum Gasteiger partial charge on any atom is 0.397 e. The van der Waals surface area contributed by atoms with Crippen LogP contribution >= 0.6 is 0 Å². The molecule has 0 unspecified atom stereocenters. The molecule has 0 radical (unpaired) electrons. The lowest BCUT2D eigenvalue weighted by Gasteiger charge is -2.00. The lowest BCUT2D eigenvalue weighted by molar-refractivity contribution is 0.265. The molecule has 0 aromatic heterocycles. The van der Waals surface area contributed by atoms with Crippen molar-refractivity contribution in [2.75, 3.05) is 6.61 Å². The van der Waals surface area contributed by atoms with Crippen LogP contribution in [0, 0.1) is 0 Å². The summed E-state index contributed by atoms with van der Waals surface area (Å²) < 4.78 is 32.8. The topological polar surface area (TPSA) is 98.6 Å². The molecule has 0 aliphatic rings. The van der Waals surface area contributed by atoms with Gasteiger partial charge >= 0.3 is 10.4 Å². The van der Waals surface area contributed by atoms with E-state index >= 15 is 0 Å². The molecule has 0 saturated carbocycles. The van der Waals surface area contributed by atoms with E-state index < -0.39 is 10.4 Å². The molecule has 1 aromatic rings. The average Bonchev–Trinajstić information content (AvgIpc) is 2.13. The molecule has 15 heavy (non-hydrogen) atoms. The third-order valence-corrected chi connectivity index (χ3v) is 2.15. The van der Waals surface area contributed by atoms with E-state index in [4.69, 9.17) is 4.55 Å². The molecular weight excluding hydrogens is 218 g/mol. The fraction of sp³-hybridized carbons (Fsp3) is 0.333. The summed E-state index contributed by atoms with van der Waals surface area (Å²) in [5.41, 5.74) is 1.12. The second kappa shape index (κ2) is 6.52. The number of rotatable bonds is 5. The zero-order chi connectivity index (χ0) is 10.4. The van der Waals surface area contributed by atoms with Gasteiger partial charge in [0.25, 0.3) is 0 Å². The summed E-state index contributed by atoms with van der Waals surface area (Å²) in [6, 6.07) is 9.65. The van der Waals surface area contributed by atoms with Gasteiger partial charge in [0.05, 0.1) is 6.61 Å². The van der Waals surface area contributed by atoms with E-state index in [-0.39, 0.29) is 12.8 Å². The van der Waals surface area contributed by atoms with Crippen molar-refractivity contribution in [2.24, 2.45) is 0 Å². The van der Waals surface area contributed by atoms with Gasteiger partial charge in [-0.05, 0) is 18.4 Å². The first-order valence-electron chi connectivity index (χ1n) is 4.24. The second-order valence-electron chi connectivity index (χ2n) is 2.84. The van der Waals surface area contributed by atoms with Gasteiger partial charge < -0.3 is 6.15 Å². The quantitative estimate of drug-likeness (QED) is 0.594. The minimum absolute atomic E-state index is 0. The third-order valence-electron chi connectivity index (χ3n) is 1.68. The zero-order valence-electron chi connectivity index (χ0n) is 8.30. The van der Waals surface area contributed by atoms with Crippen molar-refractivity contribution in [2.45, 2.75) is 12.8 Å². The molecule has 0 bridgehead atoms. The normalized spacial score (nSPS) is 10.7. The molecule has 1 rings (SSSR count). The highest BCUT2D eigenvalue weighted by atomic mass is 32.3. The third kappa shape index (κ3) is 7.03. The van der Waals surface area contributed by atoms with Crippen LogP contribution in [0.1, 0.15) is 12.0 Å². The minimum atomic E-state index is -4.28. The SMILES string of the molecule is N.O=S(=O)(O)OCCCc1ccccc1. The summed E-state index contributed by atoms with van der Waals surface area (Å²) in [6.45, 7) is 0.00767. The molecule has 0 fully saturated rings. The van der Waals surface area contributed by atoms with Crippen molar-refractivity contribution in [1.82, 2.24) is 6.15 Å². The molecule has 0 aliphatic carbocycles. The first-order valence-corrected chi connectivity index (χ1v) is 5.60. The summed E-state index contributed by atoms with van der Waals surface area (Å²) in [4.78, 5) is 0. The molecule has 5 nitrogen and oxygen atoms in total. The molecule has 0 heterocycles. The van der Waals surface area contributed by atoms with Crippen molar-refractivity contribution in [1.29, 1.82) is 0 Å². The van der Waals surface area contributed by atoms with Crippen LogP contribution in [0.3, 0.4) is 0 Å². The highest BCUT2D eigenvalue weighted by Gasteiger charge is 2.02. The average molecular weight is 233 g/mol. The lowest BCUT2D eigenvalue weighted by atomic mass is 10.1. The molecule has 4 N–H and O–H groups in total. The molecule has 0 spiro atoms.